The van der Waals surface area contributed by atoms with Crippen LogP contribution < -0.4 is 19.7 Å². The number of nitrogens with zero attached hydrogens (tertiary/aromatic N) is 2. The molecule has 0 radical (unpaired) electrons. The first-order valence-electron chi connectivity index (χ1n) is 14.8. The number of likely N-dealkylation sites (tertiary alicyclic amines) is 1. The highest BCUT2D eigenvalue weighted by Gasteiger charge is 2.39. The van der Waals surface area contributed by atoms with Crippen LogP contribution in [0.3, 0.4) is 0 Å². The molecule has 0 bridgehead atoms. The minimum atomic E-state index is -1.08. The van der Waals surface area contributed by atoms with Crippen LogP contribution in [0.1, 0.15) is 61.9 Å². The highest BCUT2D eigenvalue weighted by molar-refractivity contribution is 6.30. The van der Waals surface area contributed by atoms with Crippen molar-refractivity contribution >= 4 is 29.2 Å². The number of halogens is 1. The smallest absolute Gasteiger partial charge is 0.317 e. The standard InChI is InChI=1S/C34H40ClN3O5/c1-21(2)43-30-20-28-23(18-29(30)42-5)19-31(39)38(32(28)22-6-10-26(35)11-7-22)27-12-8-24(9-13-27)34(3,41)25-14-16-37(17-15-25)33(40)36-4/h6-13,18,20-21,25,32,41H,14-17,19H2,1-5H3,(H,36,40). The Morgan fingerprint density at radius 3 is 2.28 bits per heavy atom. The Bertz CT molecular complexity index is 1460. The molecule has 2 unspecified atom stereocenters. The monoisotopic (exact) mass is 605 g/mol. The molecule has 2 aliphatic rings. The van der Waals surface area contributed by atoms with E-state index in [1.54, 1.807) is 19.1 Å². The number of benzene rings is 3. The molecule has 8 nitrogen and oxygen atoms in total. The van der Waals surface area contributed by atoms with Crippen molar-refractivity contribution in [1.29, 1.82) is 0 Å². The van der Waals surface area contributed by atoms with Gasteiger partial charge in [0.15, 0.2) is 11.5 Å². The van der Waals surface area contributed by atoms with Gasteiger partial charge in [0.05, 0.1) is 31.3 Å². The van der Waals surface area contributed by atoms with E-state index in [4.69, 9.17) is 21.1 Å². The summed E-state index contributed by atoms with van der Waals surface area (Å²) in [6, 6.07) is 18.6. The summed E-state index contributed by atoms with van der Waals surface area (Å²) in [7, 11) is 3.23. The van der Waals surface area contributed by atoms with E-state index in [-0.39, 0.29) is 30.4 Å². The van der Waals surface area contributed by atoms with Crippen molar-refractivity contribution in [2.24, 2.45) is 5.92 Å². The van der Waals surface area contributed by atoms with E-state index < -0.39 is 11.6 Å². The van der Waals surface area contributed by atoms with Crippen molar-refractivity contribution in [3.8, 4) is 11.5 Å². The Morgan fingerprint density at radius 2 is 1.70 bits per heavy atom. The zero-order chi connectivity index (χ0) is 30.9. The fourth-order valence-electron chi connectivity index (χ4n) is 6.33. The molecule has 228 valence electrons. The van der Waals surface area contributed by atoms with Crippen LogP contribution in [-0.2, 0) is 16.8 Å². The van der Waals surface area contributed by atoms with Crippen molar-refractivity contribution in [2.75, 3.05) is 32.1 Å². The van der Waals surface area contributed by atoms with Gasteiger partial charge < -0.3 is 29.7 Å². The summed E-state index contributed by atoms with van der Waals surface area (Å²) in [5, 5.41) is 14.9. The topological polar surface area (TPSA) is 91.3 Å². The summed E-state index contributed by atoms with van der Waals surface area (Å²) in [6.45, 7) is 6.96. The summed E-state index contributed by atoms with van der Waals surface area (Å²) in [5.41, 5.74) is 3.18. The van der Waals surface area contributed by atoms with Crippen molar-refractivity contribution < 1.29 is 24.2 Å². The number of fused-ring (bicyclic) bond motifs is 1. The first-order chi connectivity index (χ1) is 20.5. The van der Waals surface area contributed by atoms with Gasteiger partial charge in [0.25, 0.3) is 0 Å². The van der Waals surface area contributed by atoms with Crippen LogP contribution in [0.4, 0.5) is 10.5 Å². The lowest BCUT2D eigenvalue weighted by molar-refractivity contribution is -0.118. The van der Waals surface area contributed by atoms with E-state index in [1.807, 2.05) is 86.3 Å². The van der Waals surface area contributed by atoms with E-state index in [0.29, 0.717) is 42.5 Å². The van der Waals surface area contributed by atoms with E-state index in [1.165, 1.54) is 0 Å². The zero-order valence-corrected chi connectivity index (χ0v) is 26.1. The minimum Gasteiger partial charge on any atom is -0.493 e. The Labute approximate surface area is 258 Å². The third-order valence-electron chi connectivity index (χ3n) is 8.66. The van der Waals surface area contributed by atoms with Crippen LogP contribution in [-0.4, -0.2) is 55.3 Å². The molecule has 5 rings (SSSR count). The lowest BCUT2D eigenvalue weighted by atomic mass is 9.77. The predicted molar refractivity (Wildman–Crippen MR) is 168 cm³/mol. The highest BCUT2D eigenvalue weighted by Crippen LogP contribution is 2.44. The number of hydrogen-bond acceptors (Lipinski definition) is 5. The predicted octanol–water partition coefficient (Wildman–Crippen LogP) is 6.07. The van der Waals surface area contributed by atoms with Crippen LogP contribution >= 0.6 is 11.6 Å². The first-order valence-corrected chi connectivity index (χ1v) is 15.2. The third-order valence-corrected chi connectivity index (χ3v) is 8.91. The number of hydrogen-bond donors (Lipinski definition) is 2. The van der Waals surface area contributed by atoms with Crippen molar-refractivity contribution in [1.82, 2.24) is 10.2 Å². The van der Waals surface area contributed by atoms with Gasteiger partial charge in [-0.15, -0.1) is 0 Å². The lowest BCUT2D eigenvalue weighted by Gasteiger charge is -2.40. The molecule has 0 spiro atoms. The summed E-state index contributed by atoms with van der Waals surface area (Å²) in [4.78, 5) is 29.5. The second kappa shape index (κ2) is 12.5. The van der Waals surface area contributed by atoms with Crippen molar-refractivity contribution in [2.45, 2.75) is 57.8 Å². The molecule has 3 amide bonds. The number of carbonyl (C=O) groups excluding carboxylic acids is 2. The molecular formula is C34H40ClN3O5. The molecule has 2 atom stereocenters. The van der Waals surface area contributed by atoms with Gasteiger partial charge in [0, 0.05) is 30.8 Å². The van der Waals surface area contributed by atoms with Gasteiger partial charge in [-0.25, -0.2) is 4.79 Å². The van der Waals surface area contributed by atoms with Gasteiger partial charge in [-0.05, 0) is 98.2 Å². The number of piperidine rings is 1. The molecule has 0 aliphatic carbocycles. The maximum absolute atomic E-state index is 13.9. The van der Waals surface area contributed by atoms with Gasteiger partial charge in [-0.1, -0.05) is 35.9 Å². The quantitative estimate of drug-likeness (QED) is 0.341. The maximum Gasteiger partial charge on any atom is 0.317 e. The molecule has 0 saturated carbocycles. The number of aliphatic hydroxyl groups is 1. The van der Waals surface area contributed by atoms with E-state index in [0.717, 1.165) is 27.9 Å². The Kier molecular flexibility index (Phi) is 8.90. The molecule has 0 aromatic heterocycles. The molecule has 2 N–H and O–H groups in total. The van der Waals surface area contributed by atoms with E-state index >= 15 is 0 Å². The average Bonchev–Trinajstić information content (AvgIpc) is 3.00. The number of methoxy groups -OCH3 is 1. The lowest BCUT2D eigenvalue weighted by Crippen LogP contribution is -2.47. The normalized spacial score (nSPS) is 18.7. The number of nitrogens with one attached hydrogen (secondary N) is 1. The van der Waals surface area contributed by atoms with Crippen LogP contribution in [0.15, 0.2) is 60.7 Å². The Morgan fingerprint density at radius 1 is 1.05 bits per heavy atom. The van der Waals surface area contributed by atoms with Gasteiger partial charge in [-0.2, -0.15) is 0 Å². The molecule has 2 aliphatic heterocycles. The van der Waals surface area contributed by atoms with Gasteiger partial charge in [-0.3, -0.25) is 4.79 Å². The SMILES string of the molecule is CNC(=O)N1CCC(C(C)(O)c2ccc(N3C(=O)Cc4cc(OC)c(OC(C)C)cc4C3c3ccc(Cl)cc3)cc2)CC1. The van der Waals surface area contributed by atoms with Crippen molar-refractivity contribution in [3.63, 3.8) is 0 Å². The fraction of sp³-hybridized carbons (Fsp3) is 0.412. The van der Waals surface area contributed by atoms with E-state index in [9.17, 15) is 14.7 Å². The third kappa shape index (κ3) is 6.17. The first kappa shape index (κ1) is 30.7. The highest BCUT2D eigenvalue weighted by atomic mass is 35.5. The number of urea groups is 1. The number of anilines is 1. The van der Waals surface area contributed by atoms with Gasteiger partial charge >= 0.3 is 6.03 Å². The maximum atomic E-state index is 13.9. The summed E-state index contributed by atoms with van der Waals surface area (Å²) in [5.74, 6) is 1.17. The molecular weight excluding hydrogens is 566 g/mol. The van der Waals surface area contributed by atoms with Crippen LogP contribution in [0, 0.1) is 5.92 Å². The van der Waals surface area contributed by atoms with Crippen LogP contribution in [0.25, 0.3) is 0 Å². The number of amides is 3. The van der Waals surface area contributed by atoms with Crippen LogP contribution in [0.5, 0.6) is 11.5 Å². The Hall–Kier alpha value is -3.75. The van der Waals surface area contributed by atoms with Crippen molar-refractivity contribution in [3.05, 3.63) is 87.9 Å². The molecule has 1 saturated heterocycles. The molecule has 1 fully saturated rings. The van der Waals surface area contributed by atoms with E-state index in [2.05, 4.69) is 5.32 Å². The van der Waals surface area contributed by atoms with Crippen LogP contribution in [0.2, 0.25) is 5.02 Å². The fourth-order valence-corrected chi connectivity index (χ4v) is 6.45. The summed E-state index contributed by atoms with van der Waals surface area (Å²) < 4.78 is 11.7. The molecule has 3 aromatic carbocycles. The zero-order valence-electron chi connectivity index (χ0n) is 25.4. The molecule has 3 aromatic rings. The number of ether oxygens (including phenoxy) is 2. The molecule has 9 heteroatoms. The summed E-state index contributed by atoms with van der Waals surface area (Å²) >= 11 is 6.25. The number of carbonyl (C=O) groups is 2. The Balaban J connectivity index is 1.50. The molecule has 2 heterocycles. The minimum absolute atomic E-state index is 0.000994. The second-order valence-corrected chi connectivity index (χ2v) is 12.2. The van der Waals surface area contributed by atoms with Gasteiger partial charge in [0.2, 0.25) is 5.91 Å². The number of rotatable bonds is 7. The van der Waals surface area contributed by atoms with Gasteiger partial charge in [0.1, 0.15) is 0 Å². The largest absolute Gasteiger partial charge is 0.493 e. The molecule has 43 heavy (non-hydrogen) atoms. The average molecular weight is 606 g/mol. The summed E-state index contributed by atoms with van der Waals surface area (Å²) in [6.07, 6.45) is 1.55. The second-order valence-electron chi connectivity index (χ2n) is 11.8.